The van der Waals surface area contributed by atoms with Crippen molar-refractivity contribution in [3.8, 4) is 0 Å². The van der Waals surface area contributed by atoms with Gasteiger partial charge < -0.3 is 24.6 Å². The number of quaternary nitrogens is 1. The summed E-state index contributed by atoms with van der Waals surface area (Å²) in [6.45, 7) is 8.26. The zero-order valence-electron chi connectivity index (χ0n) is 28.3. The van der Waals surface area contributed by atoms with E-state index < -0.39 is 35.7 Å². The highest BCUT2D eigenvalue weighted by molar-refractivity contribution is 5.70. The Kier molecular flexibility index (Phi) is 25.3. The van der Waals surface area contributed by atoms with Crippen LogP contribution in [-0.4, -0.2) is 58.8 Å². The molecule has 0 aliphatic heterocycles. The summed E-state index contributed by atoms with van der Waals surface area (Å²) in [6.07, 6.45) is 29.9. The minimum Gasteiger partial charge on any atom is -0.550 e. The van der Waals surface area contributed by atoms with Crippen LogP contribution in [-0.2, 0) is 14.4 Å². The lowest BCUT2D eigenvalue weighted by Crippen LogP contribution is -2.58. The minimum absolute atomic E-state index is 0.183. The molecule has 2 N–H and O–H groups in total. The average Bonchev–Trinajstić information content (AvgIpc) is 2.95. The lowest BCUT2D eigenvalue weighted by molar-refractivity contribution is -0.934. The first-order chi connectivity index (χ1) is 20.5. The van der Waals surface area contributed by atoms with E-state index >= 15 is 0 Å². The summed E-state index contributed by atoms with van der Waals surface area (Å²) in [5, 5.41) is 30.6. The monoisotopic (exact) mass is 609 g/mol. The molecule has 0 amide bonds. The molecule has 7 heteroatoms. The fraction of sp³-hybridized carbons (Fsp3) is 0.861. The highest BCUT2D eigenvalue weighted by Gasteiger charge is 2.36. The van der Waals surface area contributed by atoms with Crippen molar-refractivity contribution in [2.24, 2.45) is 17.8 Å². The van der Waals surface area contributed by atoms with E-state index in [1.54, 1.807) is 20.8 Å². The third kappa shape index (κ3) is 23.2. The molecule has 0 saturated carbocycles. The molecule has 0 saturated heterocycles. The van der Waals surface area contributed by atoms with Gasteiger partial charge in [-0.2, -0.15) is 0 Å². The Morgan fingerprint density at radius 1 is 0.558 bits per heavy atom. The molecule has 43 heavy (non-hydrogen) atoms. The van der Waals surface area contributed by atoms with E-state index in [1.165, 1.54) is 103 Å². The van der Waals surface area contributed by atoms with Gasteiger partial charge in [0.2, 0.25) is 0 Å². The number of carbonyl (C=O) groups is 3. The van der Waals surface area contributed by atoms with Crippen LogP contribution in [0.2, 0.25) is 0 Å². The number of nitrogens with zero attached hydrogens (tertiary/aromatic N) is 1. The van der Waals surface area contributed by atoms with Gasteiger partial charge in [-0.1, -0.05) is 116 Å². The van der Waals surface area contributed by atoms with Crippen molar-refractivity contribution in [1.82, 2.24) is 0 Å². The first-order valence-electron chi connectivity index (χ1n) is 17.7. The molecule has 0 radical (unpaired) electrons. The van der Waals surface area contributed by atoms with Crippen LogP contribution in [0.3, 0.4) is 0 Å². The Hall–Kier alpha value is -1.89. The number of unbranched alkanes of at least 4 members (excludes halogenated alkanes) is 18. The first kappa shape index (κ1) is 41.1. The largest absolute Gasteiger partial charge is 0.550 e. The number of hydrogen-bond acceptors (Lipinski definition) is 4. The van der Waals surface area contributed by atoms with Crippen LogP contribution >= 0.6 is 0 Å². The summed E-state index contributed by atoms with van der Waals surface area (Å²) in [5.41, 5.74) is 0. The molecular weight excluding hydrogens is 542 g/mol. The smallest absolute Gasteiger partial charge is 0.311 e. The van der Waals surface area contributed by atoms with Crippen molar-refractivity contribution < 1.29 is 34.2 Å². The maximum absolute atomic E-state index is 11.6. The molecule has 0 aromatic carbocycles. The molecule has 3 atom stereocenters. The summed E-state index contributed by atoms with van der Waals surface area (Å²) in [6, 6.07) is 0. The lowest BCUT2D eigenvalue weighted by atomic mass is 10.00. The summed E-state index contributed by atoms with van der Waals surface area (Å²) >= 11 is 0. The summed E-state index contributed by atoms with van der Waals surface area (Å²) in [5.74, 6) is -5.24. The summed E-state index contributed by atoms with van der Waals surface area (Å²) in [4.78, 5) is 34.8. The van der Waals surface area contributed by atoms with Gasteiger partial charge in [0.15, 0.2) is 0 Å². The quantitative estimate of drug-likeness (QED) is 0.0467. The zero-order valence-corrected chi connectivity index (χ0v) is 28.3. The van der Waals surface area contributed by atoms with Crippen LogP contribution in [0, 0.1) is 17.8 Å². The minimum atomic E-state index is -1.18. The van der Waals surface area contributed by atoms with Crippen molar-refractivity contribution in [2.45, 2.75) is 156 Å². The molecule has 0 aliphatic rings. The lowest BCUT2D eigenvalue weighted by Gasteiger charge is -2.43. The van der Waals surface area contributed by atoms with Crippen LogP contribution in [0.15, 0.2) is 12.2 Å². The predicted molar refractivity (Wildman–Crippen MR) is 175 cm³/mol. The van der Waals surface area contributed by atoms with E-state index in [-0.39, 0.29) is 24.1 Å². The van der Waals surface area contributed by atoms with Crippen molar-refractivity contribution in [1.29, 1.82) is 0 Å². The molecule has 0 bridgehead atoms. The van der Waals surface area contributed by atoms with Crippen LogP contribution in [0.4, 0.5) is 0 Å². The Morgan fingerprint density at radius 3 is 1.23 bits per heavy atom. The molecule has 252 valence electrons. The Bertz CT molecular complexity index is 697. The molecule has 0 aromatic rings. The third-order valence-electron chi connectivity index (χ3n) is 8.87. The number of allylic oxidation sites excluding steroid dienone is 2. The van der Waals surface area contributed by atoms with Crippen LogP contribution in [0.5, 0.6) is 0 Å². The number of aliphatic carboxylic acids is 3. The highest BCUT2D eigenvalue weighted by Crippen LogP contribution is 2.22. The molecule has 0 rings (SSSR count). The Labute approximate surface area is 264 Å². The van der Waals surface area contributed by atoms with Crippen molar-refractivity contribution in [3.05, 3.63) is 12.2 Å². The molecule has 0 spiro atoms. The Morgan fingerprint density at radius 2 is 0.884 bits per heavy atom. The highest BCUT2D eigenvalue weighted by atomic mass is 16.4. The van der Waals surface area contributed by atoms with Crippen molar-refractivity contribution in [2.75, 3.05) is 26.2 Å². The first-order valence-corrected chi connectivity index (χ1v) is 17.7. The fourth-order valence-corrected chi connectivity index (χ4v) is 6.23. The van der Waals surface area contributed by atoms with Crippen LogP contribution < -0.4 is 5.11 Å². The predicted octanol–water partition coefficient (Wildman–Crippen LogP) is 8.01. The molecule has 0 aliphatic carbocycles. The maximum atomic E-state index is 11.6. The molecule has 3 unspecified atom stereocenters. The summed E-state index contributed by atoms with van der Waals surface area (Å²) < 4.78 is 0.183. The fourth-order valence-electron chi connectivity index (χ4n) is 6.23. The molecule has 0 heterocycles. The van der Waals surface area contributed by atoms with Gasteiger partial charge in [0, 0.05) is 11.9 Å². The van der Waals surface area contributed by atoms with Gasteiger partial charge in [0.05, 0.1) is 26.2 Å². The van der Waals surface area contributed by atoms with Crippen molar-refractivity contribution in [3.63, 3.8) is 0 Å². The van der Waals surface area contributed by atoms with E-state index in [4.69, 9.17) is 0 Å². The van der Waals surface area contributed by atoms with E-state index in [9.17, 15) is 29.7 Å². The van der Waals surface area contributed by atoms with E-state index in [1.807, 2.05) is 0 Å². The zero-order chi connectivity index (χ0) is 32.3. The van der Waals surface area contributed by atoms with Crippen LogP contribution in [0.1, 0.15) is 156 Å². The van der Waals surface area contributed by atoms with Gasteiger partial charge in [0.25, 0.3) is 0 Å². The molecule has 0 fully saturated rings. The second-order valence-corrected chi connectivity index (χ2v) is 13.4. The maximum Gasteiger partial charge on any atom is 0.311 e. The molecule has 0 aromatic heterocycles. The van der Waals surface area contributed by atoms with Gasteiger partial charge in [-0.3, -0.25) is 9.59 Å². The second-order valence-electron chi connectivity index (χ2n) is 13.4. The standard InChI is InChI=1S/C36H67NO6/c1-5-6-7-8-9-10-11-12-13-14-15-16-17-18-19-20-21-22-23-24-25-26-27-37(28-31(2)34(38)39,29-32(3)35(40)41)30-33(4)36(42)43/h16-17,31-33H,5-15,18-30H2,1-4H3,(H2-,38,39,40,41,42,43)/b17-16+. The number of hydrogen-bond donors (Lipinski definition) is 2. The second kappa shape index (κ2) is 26.5. The normalized spacial score (nSPS) is 15.3. The van der Waals surface area contributed by atoms with Gasteiger partial charge >= 0.3 is 11.9 Å². The van der Waals surface area contributed by atoms with E-state index in [0.29, 0.717) is 6.54 Å². The SMILES string of the molecule is CCCCCCCCCCCC/C=C/CCCCCCCCCC[N+](CC(C)C(=O)[O-])(CC(C)C(=O)O)CC(C)C(=O)O. The molecule has 7 nitrogen and oxygen atoms in total. The van der Waals surface area contributed by atoms with Gasteiger partial charge in [-0.25, -0.2) is 0 Å². The van der Waals surface area contributed by atoms with Gasteiger partial charge in [-0.15, -0.1) is 0 Å². The van der Waals surface area contributed by atoms with Gasteiger partial charge in [-0.05, 0) is 52.4 Å². The van der Waals surface area contributed by atoms with E-state index in [2.05, 4.69) is 19.1 Å². The number of carboxylic acids is 3. The number of carboxylic acid groups (broad SMARTS) is 3. The summed E-state index contributed by atoms with van der Waals surface area (Å²) in [7, 11) is 0. The van der Waals surface area contributed by atoms with E-state index in [0.717, 1.165) is 25.7 Å². The number of rotatable bonds is 31. The van der Waals surface area contributed by atoms with Crippen molar-refractivity contribution >= 4 is 17.9 Å². The third-order valence-corrected chi connectivity index (χ3v) is 8.87. The molecular formula is C36H67NO6. The topological polar surface area (TPSA) is 115 Å². The van der Waals surface area contributed by atoms with Crippen LogP contribution in [0.25, 0.3) is 0 Å². The van der Waals surface area contributed by atoms with Gasteiger partial charge in [0.1, 0.15) is 11.8 Å². The average molecular weight is 610 g/mol. The number of carbonyl (C=O) groups excluding carboxylic acids is 1. The Balaban J connectivity index is 4.17.